The molecule has 2 aromatic heterocycles. The van der Waals surface area contributed by atoms with Crippen molar-refractivity contribution in [3.63, 3.8) is 0 Å². The lowest BCUT2D eigenvalue weighted by Crippen LogP contribution is -2.26. The molecule has 0 radical (unpaired) electrons. The van der Waals surface area contributed by atoms with Gasteiger partial charge < -0.3 is 5.32 Å². The Labute approximate surface area is 137 Å². The Morgan fingerprint density at radius 3 is 2.61 bits per heavy atom. The molecule has 1 aromatic carbocycles. The van der Waals surface area contributed by atoms with E-state index in [1.807, 2.05) is 31.4 Å². The minimum absolute atomic E-state index is 0.0158. The lowest BCUT2D eigenvalue weighted by molar-refractivity contribution is 0.102. The van der Waals surface area contributed by atoms with Crippen molar-refractivity contribution in [1.82, 2.24) is 9.38 Å². The molecule has 0 spiro atoms. The zero-order valence-corrected chi connectivity index (χ0v) is 13.6. The first-order valence-electron chi connectivity index (χ1n) is 7.02. The number of carbonyl (C=O) groups is 1. The first-order valence-corrected chi connectivity index (χ1v) is 8.24. The van der Waals surface area contributed by atoms with E-state index in [0.29, 0.717) is 11.3 Å². The monoisotopic (exact) mass is 325 g/mol. The SMILES string of the molecule is CSc1ccc(NC(=O)c2cnc3ccc(C)cn3c2=O)cc1. The van der Waals surface area contributed by atoms with Gasteiger partial charge in [0.25, 0.3) is 11.5 Å². The van der Waals surface area contributed by atoms with E-state index in [0.717, 1.165) is 10.5 Å². The van der Waals surface area contributed by atoms with Crippen molar-refractivity contribution in [2.75, 3.05) is 11.6 Å². The molecule has 23 heavy (non-hydrogen) atoms. The number of thioether (sulfide) groups is 1. The predicted octanol–water partition coefficient (Wildman–Crippen LogP) is 2.98. The molecule has 3 aromatic rings. The summed E-state index contributed by atoms with van der Waals surface area (Å²) in [5.41, 5.74) is 1.72. The molecule has 0 unspecified atom stereocenters. The summed E-state index contributed by atoms with van der Waals surface area (Å²) in [6, 6.07) is 11.1. The van der Waals surface area contributed by atoms with Gasteiger partial charge in [-0.15, -0.1) is 11.8 Å². The summed E-state index contributed by atoms with van der Waals surface area (Å²) >= 11 is 1.62. The van der Waals surface area contributed by atoms with Crippen LogP contribution in [-0.2, 0) is 0 Å². The number of nitrogens with one attached hydrogen (secondary N) is 1. The molecule has 0 atom stereocenters. The fourth-order valence-corrected chi connectivity index (χ4v) is 2.62. The minimum atomic E-state index is -0.463. The van der Waals surface area contributed by atoms with Gasteiger partial charge >= 0.3 is 0 Å². The lowest BCUT2D eigenvalue weighted by atomic mass is 10.2. The highest BCUT2D eigenvalue weighted by molar-refractivity contribution is 7.98. The number of nitrogens with zero attached hydrogens (tertiary/aromatic N) is 2. The molecule has 5 nitrogen and oxygen atoms in total. The lowest BCUT2D eigenvalue weighted by Gasteiger charge is -2.07. The van der Waals surface area contributed by atoms with Gasteiger partial charge in [-0.25, -0.2) is 4.98 Å². The van der Waals surface area contributed by atoms with Crippen LogP contribution in [0, 0.1) is 6.92 Å². The van der Waals surface area contributed by atoms with Gasteiger partial charge in [-0.2, -0.15) is 0 Å². The van der Waals surface area contributed by atoms with Crippen molar-refractivity contribution in [2.45, 2.75) is 11.8 Å². The second kappa shape index (κ2) is 6.26. The fourth-order valence-electron chi connectivity index (χ4n) is 2.21. The summed E-state index contributed by atoms with van der Waals surface area (Å²) in [6.45, 7) is 1.88. The quantitative estimate of drug-likeness (QED) is 0.752. The van der Waals surface area contributed by atoms with Gasteiger partial charge in [-0.1, -0.05) is 6.07 Å². The van der Waals surface area contributed by atoms with Crippen LogP contribution in [0.3, 0.4) is 0 Å². The molecule has 6 heteroatoms. The summed E-state index contributed by atoms with van der Waals surface area (Å²) in [6.07, 6.45) is 4.98. The Kier molecular flexibility index (Phi) is 4.16. The number of fused-ring (bicyclic) bond motifs is 1. The van der Waals surface area contributed by atoms with Gasteiger partial charge in [-0.05, 0) is 49.1 Å². The molecule has 0 aliphatic rings. The van der Waals surface area contributed by atoms with Crippen molar-refractivity contribution >= 4 is 29.0 Å². The van der Waals surface area contributed by atoms with Crippen LogP contribution in [0.4, 0.5) is 5.69 Å². The van der Waals surface area contributed by atoms with Crippen LogP contribution in [0.25, 0.3) is 5.65 Å². The van der Waals surface area contributed by atoms with Gasteiger partial charge in [0.05, 0.1) is 0 Å². The van der Waals surface area contributed by atoms with Gasteiger partial charge in [-0.3, -0.25) is 14.0 Å². The van der Waals surface area contributed by atoms with Crippen LogP contribution in [-0.4, -0.2) is 21.5 Å². The van der Waals surface area contributed by atoms with Gasteiger partial charge in [0.15, 0.2) is 0 Å². The summed E-state index contributed by atoms with van der Waals surface area (Å²) in [4.78, 5) is 30.1. The van der Waals surface area contributed by atoms with Crippen LogP contribution >= 0.6 is 11.8 Å². The summed E-state index contributed by atoms with van der Waals surface area (Å²) in [5.74, 6) is -0.463. The topological polar surface area (TPSA) is 63.5 Å². The van der Waals surface area contributed by atoms with E-state index in [2.05, 4.69) is 10.3 Å². The van der Waals surface area contributed by atoms with Crippen LogP contribution in [0.2, 0.25) is 0 Å². The highest BCUT2D eigenvalue weighted by atomic mass is 32.2. The minimum Gasteiger partial charge on any atom is -0.322 e. The van der Waals surface area contributed by atoms with Crippen molar-refractivity contribution < 1.29 is 4.79 Å². The van der Waals surface area contributed by atoms with E-state index in [9.17, 15) is 9.59 Å². The third-order valence-corrected chi connectivity index (χ3v) is 4.19. The number of hydrogen-bond acceptors (Lipinski definition) is 4. The molecule has 3 rings (SSSR count). The number of anilines is 1. The van der Waals surface area contributed by atoms with E-state index in [1.54, 1.807) is 36.2 Å². The normalized spacial score (nSPS) is 10.7. The average Bonchev–Trinajstić information content (AvgIpc) is 2.56. The molecule has 0 bridgehead atoms. The second-order valence-electron chi connectivity index (χ2n) is 5.09. The van der Waals surface area contributed by atoms with Crippen molar-refractivity contribution in [3.8, 4) is 0 Å². The highest BCUT2D eigenvalue weighted by Crippen LogP contribution is 2.17. The molecule has 0 aliphatic carbocycles. The number of aryl methyl sites for hydroxylation is 1. The zero-order chi connectivity index (χ0) is 16.4. The number of aromatic nitrogens is 2. The highest BCUT2D eigenvalue weighted by Gasteiger charge is 2.13. The molecule has 0 aliphatic heterocycles. The van der Waals surface area contributed by atoms with E-state index < -0.39 is 5.91 Å². The van der Waals surface area contributed by atoms with Crippen molar-refractivity contribution in [2.24, 2.45) is 0 Å². The fraction of sp³-hybridized carbons (Fsp3) is 0.118. The largest absolute Gasteiger partial charge is 0.322 e. The average molecular weight is 325 g/mol. The molecular weight excluding hydrogens is 310 g/mol. The maximum atomic E-state index is 12.5. The van der Waals surface area contributed by atoms with Crippen LogP contribution in [0.1, 0.15) is 15.9 Å². The number of carbonyl (C=O) groups excluding carboxylic acids is 1. The van der Waals surface area contributed by atoms with E-state index in [1.165, 1.54) is 10.6 Å². The maximum Gasteiger partial charge on any atom is 0.270 e. The number of amides is 1. The summed E-state index contributed by atoms with van der Waals surface area (Å²) < 4.78 is 1.39. The first kappa shape index (κ1) is 15.3. The Morgan fingerprint density at radius 2 is 1.91 bits per heavy atom. The number of benzene rings is 1. The van der Waals surface area contributed by atoms with E-state index >= 15 is 0 Å². The summed E-state index contributed by atoms with van der Waals surface area (Å²) in [7, 11) is 0. The number of pyridine rings is 1. The van der Waals surface area contributed by atoms with Crippen molar-refractivity contribution in [1.29, 1.82) is 0 Å². The van der Waals surface area contributed by atoms with Gasteiger partial charge in [0, 0.05) is 23.0 Å². The Balaban J connectivity index is 1.94. The van der Waals surface area contributed by atoms with Crippen molar-refractivity contribution in [3.05, 3.63) is 70.3 Å². The second-order valence-corrected chi connectivity index (χ2v) is 5.97. The molecule has 1 N–H and O–H groups in total. The zero-order valence-electron chi connectivity index (χ0n) is 12.7. The number of hydrogen-bond donors (Lipinski definition) is 1. The predicted molar refractivity (Wildman–Crippen MR) is 92.4 cm³/mol. The molecule has 2 heterocycles. The summed E-state index contributed by atoms with van der Waals surface area (Å²) in [5, 5.41) is 2.73. The molecule has 116 valence electrons. The third kappa shape index (κ3) is 3.12. The van der Waals surface area contributed by atoms with Crippen LogP contribution < -0.4 is 10.9 Å². The standard InChI is InChI=1S/C17H15N3O2S/c1-11-3-8-15-18-9-14(17(22)20(15)10-11)16(21)19-12-4-6-13(23-2)7-5-12/h3-10H,1-2H3,(H,19,21). The maximum absolute atomic E-state index is 12.5. The van der Waals surface area contributed by atoms with Crippen LogP contribution in [0.5, 0.6) is 0 Å². The van der Waals surface area contributed by atoms with E-state index in [4.69, 9.17) is 0 Å². The molecule has 1 amide bonds. The third-order valence-electron chi connectivity index (χ3n) is 3.44. The van der Waals surface area contributed by atoms with Crippen LogP contribution in [0.15, 0.2) is 58.5 Å². The number of rotatable bonds is 3. The smallest absolute Gasteiger partial charge is 0.270 e. The Bertz CT molecular complexity index is 933. The Hall–Kier alpha value is -2.60. The van der Waals surface area contributed by atoms with E-state index in [-0.39, 0.29) is 11.1 Å². The first-order chi connectivity index (χ1) is 11.1. The molecular formula is C17H15N3O2S. The molecule has 0 fully saturated rings. The van der Waals surface area contributed by atoms with Gasteiger partial charge in [0.1, 0.15) is 11.2 Å². The van der Waals surface area contributed by atoms with Gasteiger partial charge in [0.2, 0.25) is 0 Å². The molecule has 0 saturated carbocycles. The molecule has 0 saturated heterocycles. The Morgan fingerprint density at radius 1 is 1.17 bits per heavy atom.